The van der Waals surface area contributed by atoms with E-state index in [1.54, 1.807) is 0 Å². The number of aliphatic hydroxyl groups excluding tert-OH is 1. The third-order valence-electron chi connectivity index (χ3n) is 1.93. The molecule has 1 N–H and O–H groups in total. The van der Waals surface area contributed by atoms with Crippen LogP contribution in [0.4, 0.5) is 0 Å². The largest absolute Gasteiger partial charge is 0.394 e. The van der Waals surface area contributed by atoms with Crippen molar-refractivity contribution in [3.8, 4) is 6.07 Å². The van der Waals surface area contributed by atoms with Crippen LogP contribution in [0.2, 0.25) is 0 Å². The number of rotatable bonds is 4. The summed E-state index contributed by atoms with van der Waals surface area (Å²) in [6, 6.07) is 7.76. The van der Waals surface area contributed by atoms with Gasteiger partial charge in [-0.05, 0) is 18.6 Å². The zero-order chi connectivity index (χ0) is 11.3. The van der Waals surface area contributed by atoms with E-state index in [9.17, 15) is 0 Å². The van der Waals surface area contributed by atoms with Gasteiger partial charge in [0.05, 0.1) is 19.3 Å². The quantitative estimate of drug-likeness (QED) is 0.913. The Balaban J connectivity index is 2.88. The number of ether oxygens (including phenoxy) is 1. The van der Waals surface area contributed by atoms with E-state index in [-0.39, 0.29) is 13.2 Å². The van der Waals surface area contributed by atoms with Crippen molar-refractivity contribution < 1.29 is 9.84 Å². The van der Waals surface area contributed by atoms with E-state index in [0.717, 1.165) is 15.6 Å². The molecule has 1 aromatic rings. The van der Waals surface area contributed by atoms with Gasteiger partial charge in [-0.15, -0.1) is 0 Å². The molecule has 0 aliphatic carbocycles. The maximum Gasteiger partial charge on any atom is 0.170 e. The number of halogens is 1. The summed E-state index contributed by atoms with van der Waals surface area (Å²) in [5.74, 6) is 0. The van der Waals surface area contributed by atoms with Crippen LogP contribution in [0, 0.1) is 18.3 Å². The summed E-state index contributed by atoms with van der Waals surface area (Å²) >= 11 is 3.39. The molecule has 1 atom stereocenters. The highest BCUT2D eigenvalue weighted by Crippen LogP contribution is 2.26. The van der Waals surface area contributed by atoms with Crippen molar-refractivity contribution in [2.45, 2.75) is 13.0 Å². The number of hydrogen-bond acceptors (Lipinski definition) is 3. The van der Waals surface area contributed by atoms with Crippen LogP contribution in [0.15, 0.2) is 22.7 Å². The van der Waals surface area contributed by atoms with Gasteiger partial charge in [0, 0.05) is 10.0 Å². The lowest BCUT2D eigenvalue weighted by Gasteiger charge is -2.12. The van der Waals surface area contributed by atoms with Gasteiger partial charge in [0.25, 0.3) is 0 Å². The molecule has 0 aromatic heterocycles. The topological polar surface area (TPSA) is 53.2 Å². The first-order valence-corrected chi connectivity index (χ1v) is 5.36. The van der Waals surface area contributed by atoms with Crippen molar-refractivity contribution in [1.29, 1.82) is 5.26 Å². The molecule has 0 amide bonds. The number of aryl methyl sites for hydroxylation is 1. The van der Waals surface area contributed by atoms with Gasteiger partial charge in [-0.2, -0.15) is 5.26 Å². The van der Waals surface area contributed by atoms with Gasteiger partial charge in [0.15, 0.2) is 6.10 Å². The Morgan fingerprint density at radius 3 is 2.87 bits per heavy atom. The molecule has 15 heavy (non-hydrogen) atoms. The van der Waals surface area contributed by atoms with Crippen molar-refractivity contribution in [3.05, 3.63) is 33.8 Å². The fourth-order valence-corrected chi connectivity index (χ4v) is 1.91. The first-order valence-electron chi connectivity index (χ1n) is 4.57. The van der Waals surface area contributed by atoms with E-state index in [2.05, 4.69) is 22.0 Å². The first-order chi connectivity index (χ1) is 7.19. The minimum Gasteiger partial charge on any atom is -0.394 e. The third-order valence-corrected chi connectivity index (χ3v) is 2.62. The number of nitriles is 1. The number of hydrogen-bond donors (Lipinski definition) is 1. The van der Waals surface area contributed by atoms with Gasteiger partial charge in [-0.25, -0.2) is 0 Å². The van der Waals surface area contributed by atoms with Crippen LogP contribution < -0.4 is 0 Å². The summed E-state index contributed by atoms with van der Waals surface area (Å²) < 4.78 is 6.06. The van der Waals surface area contributed by atoms with Crippen LogP contribution in [0.1, 0.15) is 17.2 Å². The second-order valence-corrected chi connectivity index (χ2v) is 3.98. The van der Waals surface area contributed by atoms with Gasteiger partial charge < -0.3 is 9.84 Å². The summed E-state index contributed by atoms with van der Waals surface area (Å²) in [6.07, 6.45) is -0.632. The van der Waals surface area contributed by atoms with Crippen molar-refractivity contribution in [1.82, 2.24) is 0 Å². The minimum absolute atomic E-state index is 0.0817. The predicted molar refractivity (Wildman–Crippen MR) is 60.3 cm³/mol. The average molecular weight is 270 g/mol. The smallest absolute Gasteiger partial charge is 0.170 e. The average Bonchev–Trinajstić information content (AvgIpc) is 2.21. The molecule has 0 saturated carbocycles. The maximum atomic E-state index is 8.92. The normalized spacial score (nSPS) is 12.1. The summed E-state index contributed by atoms with van der Waals surface area (Å²) in [7, 11) is 0. The van der Waals surface area contributed by atoms with Crippen molar-refractivity contribution >= 4 is 15.9 Å². The van der Waals surface area contributed by atoms with E-state index >= 15 is 0 Å². The molecule has 1 unspecified atom stereocenters. The molecule has 4 heteroatoms. The van der Waals surface area contributed by atoms with E-state index in [1.165, 1.54) is 0 Å². The SMILES string of the molecule is Cc1ccc(C(C#N)OCCO)c(Br)c1. The molecule has 0 radical (unpaired) electrons. The lowest BCUT2D eigenvalue weighted by Crippen LogP contribution is -2.06. The van der Waals surface area contributed by atoms with Crippen molar-refractivity contribution in [3.63, 3.8) is 0 Å². The fraction of sp³-hybridized carbons (Fsp3) is 0.364. The minimum atomic E-state index is -0.632. The fourth-order valence-electron chi connectivity index (χ4n) is 1.21. The molecule has 0 aliphatic rings. The van der Waals surface area contributed by atoms with Crippen LogP contribution in [0.3, 0.4) is 0 Å². The van der Waals surface area contributed by atoms with E-state index in [0.29, 0.717) is 0 Å². The molecule has 0 spiro atoms. The van der Waals surface area contributed by atoms with Gasteiger partial charge in [0.1, 0.15) is 0 Å². The summed E-state index contributed by atoms with van der Waals surface area (Å²) in [6.45, 7) is 2.06. The van der Waals surface area contributed by atoms with Crippen LogP contribution in [-0.2, 0) is 4.74 Å². The molecular formula is C11H12BrNO2. The molecule has 0 saturated heterocycles. The Labute approximate surface area is 97.4 Å². The van der Waals surface area contributed by atoms with Crippen LogP contribution >= 0.6 is 15.9 Å². The maximum absolute atomic E-state index is 8.92. The highest BCUT2D eigenvalue weighted by atomic mass is 79.9. The molecule has 0 fully saturated rings. The predicted octanol–water partition coefficient (Wildman–Crippen LogP) is 2.33. The lowest BCUT2D eigenvalue weighted by atomic mass is 10.1. The Morgan fingerprint density at radius 2 is 2.33 bits per heavy atom. The van der Waals surface area contributed by atoms with Gasteiger partial charge in [-0.3, -0.25) is 0 Å². The van der Waals surface area contributed by atoms with Crippen LogP contribution in [-0.4, -0.2) is 18.3 Å². The Morgan fingerprint density at radius 1 is 1.60 bits per heavy atom. The Kier molecular flexibility index (Phi) is 4.76. The third kappa shape index (κ3) is 3.31. The molecule has 1 aromatic carbocycles. The van der Waals surface area contributed by atoms with Crippen LogP contribution in [0.5, 0.6) is 0 Å². The van der Waals surface area contributed by atoms with Gasteiger partial charge in [0.2, 0.25) is 0 Å². The Hall–Kier alpha value is -0.890. The van der Waals surface area contributed by atoms with E-state index in [4.69, 9.17) is 15.1 Å². The summed E-state index contributed by atoms with van der Waals surface area (Å²) in [5.41, 5.74) is 1.90. The molecule has 1 rings (SSSR count). The van der Waals surface area contributed by atoms with Gasteiger partial charge in [-0.1, -0.05) is 28.1 Å². The molecule has 3 nitrogen and oxygen atoms in total. The van der Waals surface area contributed by atoms with Crippen LogP contribution in [0.25, 0.3) is 0 Å². The molecule has 0 aliphatic heterocycles. The number of aliphatic hydroxyl groups is 1. The lowest BCUT2D eigenvalue weighted by molar-refractivity contribution is 0.0578. The standard InChI is InChI=1S/C11H12BrNO2/c1-8-2-3-9(10(12)6-8)11(7-13)15-5-4-14/h2-3,6,11,14H,4-5H2,1H3. The second kappa shape index (κ2) is 5.86. The molecule has 0 bridgehead atoms. The van der Waals surface area contributed by atoms with Gasteiger partial charge >= 0.3 is 0 Å². The number of nitrogens with zero attached hydrogens (tertiary/aromatic N) is 1. The highest BCUT2D eigenvalue weighted by Gasteiger charge is 2.13. The molecule has 0 heterocycles. The van der Waals surface area contributed by atoms with E-state index < -0.39 is 6.10 Å². The van der Waals surface area contributed by atoms with Crippen molar-refractivity contribution in [2.75, 3.05) is 13.2 Å². The second-order valence-electron chi connectivity index (χ2n) is 3.13. The highest BCUT2D eigenvalue weighted by molar-refractivity contribution is 9.10. The van der Waals surface area contributed by atoms with Crippen molar-refractivity contribution in [2.24, 2.45) is 0 Å². The van der Waals surface area contributed by atoms with E-state index in [1.807, 2.05) is 25.1 Å². The summed E-state index contributed by atoms with van der Waals surface area (Å²) in [4.78, 5) is 0. The first kappa shape index (κ1) is 12.2. The number of benzene rings is 1. The summed E-state index contributed by atoms with van der Waals surface area (Å²) in [5, 5.41) is 17.5. The zero-order valence-electron chi connectivity index (χ0n) is 8.40. The zero-order valence-corrected chi connectivity index (χ0v) is 9.99. The molecular weight excluding hydrogens is 258 g/mol. The Bertz CT molecular complexity index is 373. The molecule has 80 valence electrons. The monoisotopic (exact) mass is 269 g/mol.